The Balaban J connectivity index is 1.70. The van der Waals surface area contributed by atoms with E-state index in [1.54, 1.807) is 41.6 Å². The van der Waals surface area contributed by atoms with Gasteiger partial charge in [0.15, 0.2) is 0 Å². The molecule has 1 atom stereocenters. The third-order valence-electron chi connectivity index (χ3n) is 4.06. The molecule has 0 spiro atoms. The maximum absolute atomic E-state index is 12.7. The Morgan fingerprint density at radius 3 is 2.79 bits per heavy atom. The third kappa shape index (κ3) is 3.73. The number of likely N-dealkylation sites (tertiary alicyclic amines) is 1. The maximum Gasteiger partial charge on any atom is 0.318 e. The van der Waals surface area contributed by atoms with Crippen molar-refractivity contribution >= 4 is 11.9 Å². The minimum absolute atomic E-state index is 0.0507. The number of rotatable bonds is 5. The monoisotopic (exact) mass is 328 g/mol. The van der Waals surface area contributed by atoms with Crippen LogP contribution in [0.3, 0.4) is 0 Å². The normalized spacial score (nSPS) is 17.1. The summed E-state index contributed by atoms with van der Waals surface area (Å²) in [6.07, 6.45) is 5.58. The number of carbonyl (C=O) groups is 2. The Kier molecular flexibility index (Phi) is 4.79. The number of urea groups is 1. The number of amides is 3. The molecule has 0 saturated carbocycles. The number of furan rings is 1. The zero-order chi connectivity index (χ0) is 16.9. The first-order chi connectivity index (χ1) is 11.6. The molecule has 1 N–H and O–H groups in total. The largest absolute Gasteiger partial charge is 0.467 e. The van der Waals surface area contributed by atoms with E-state index in [0.29, 0.717) is 31.8 Å². The Morgan fingerprint density at radius 1 is 1.38 bits per heavy atom. The molecule has 3 amide bonds. The molecule has 7 heteroatoms. The van der Waals surface area contributed by atoms with Gasteiger partial charge in [0.2, 0.25) is 5.91 Å². The Hall–Kier alpha value is -2.83. The van der Waals surface area contributed by atoms with Crippen LogP contribution in [0.5, 0.6) is 0 Å². The molecule has 3 heterocycles. The minimum atomic E-state index is -0.459. The van der Waals surface area contributed by atoms with Gasteiger partial charge < -0.3 is 19.5 Å². The van der Waals surface area contributed by atoms with E-state index in [1.807, 2.05) is 18.2 Å². The fourth-order valence-electron chi connectivity index (χ4n) is 2.70. The molecule has 0 radical (unpaired) electrons. The lowest BCUT2D eigenvalue weighted by Gasteiger charge is -2.24. The summed E-state index contributed by atoms with van der Waals surface area (Å²) in [6.45, 7) is 1.40. The molecule has 1 saturated heterocycles. The van der Waals surface area contributed by atoms with Crippen molar-refractivity contribution in [2.45, 2.75) is 25.6 Å². The van der Waals surface area contributed by atoms with Gasteiger partial charge >= 0.3 is 6.03 Å². The van der Waals surface area contributed by atoms with Crippen LogP contribution in [0.25, 0.3) is 0 Å². The standard InChI is InChI=1S/C17H20N4O3/c1-20-9-6-15(16(20)22)19-17(23)21(12-14-3-2-10-24-14)11-13-4-7-18-8-5-13/h2-5,7-8,10,15H,6,9,11-12H2,1H3,(H,19,23). The molecular weight excluding hydrogens is 308 g/mol. The quantitative estimate of drug-likeness (QED) is 0.904. The van der Waals surface area contributed by atoms with Gasteiger partial charge in [-0.3, -0.25) is 9.78 Å². The van der Waals surface area contributed by atoms with Gasteiger partial charge in [-0.05, 0) is 36.2 Å². The molecule has 24 heavy (non-hydrogen) atoms. The maximum atomic E-state index is 12.7. The fraction of sp³-hybridized carbons (Fsp3) is 0.353. The number of aromatic nitrogens is 1. The van der Waals surface area contributed by atoms with Crippen LogP contribution in [0.2, 0.25) is 0 Å². The van der Waals surface area contributed by atoms with Gasteiger partial charge in [-0.15, -0.1) is 0 Å². The molecule has 2 aromatic heterocycles. The first-order valence-electron chi connectivity index (χ1n) is 7.85. The summed E-state index contributed by atoms with van der Waals surface area (Å²) in [4.78, 5) is 31.9. The lowest BCUT2D eigenvalue weighted by atomic mass is 10.2. The van der Waals surface area contributed by atoms with Crippen LogP contribution in [0.4, 0.5) is 4.79 Å². The summed E-state index contributed by atoms with van der Waals surface area (Å²) in [7, 11) is 1.74. The Morgan fingerprint density at radius 2 is 2.17 bits per heavy atom. The lowest BCUT2D eigenvalue weighted by Crippen LogP contribution is -2.47. The van der Waals surface area contributed by atoms with Crippen molar-refractivity contribution in [2.75, 3.05) is 13.6 Å². The van der Waals surface area contributed by atoms with E-state index in [-0.39, 0.29) is 11.9 Å². The van der Waals surface area contributed by atoms with Gasteiger partial charge in [0.05, 0.1) is 12.8 Å². The van der Waals surface area contributed by atoms with Crippen molar-refractivity contribution in [3.8, 4) is 0 Å². The van der Waals surface area contributed by atoms with E-state index in [0.717, 1.165) is 5.56 Å². The van der Waals surface area contributed by atoms with Gasteiger partial charge in [0.25, 0.3) is 0 Å². The average molecular weight is 328 g/mol. The van der Waals surface area contributed by atoms with Gasteiger partial charge in [-0.25, -0.2) is 4.79 Å². The zero-order valence-corrected chi connectivity index (χ0v) is 13.5. The van der Waals surface area contributed by atoms with Gasteiger partial charge in [0, 0.05) is 32.5 Å². The van der Waals surface area contributed by atoms with Crippen molar-refractivity contribution < 1.29 is 14.0 Å². The number of hydrogen-bond acceptors (Lipinski definition) is 4. The van der Waals surface area contributed by atoms with E-state index in [4.69, 9.17) is 4.42 Å². The predicted molar refractivity (Wildman–Crippen MR) is 86.8 cm³/mol. The van der Waals surface area contributed by atoms with Crippen LogP contribution in [0.15, 0.2) is 47.3 Å². The van der Waals surface area contributed by atoms with Crippen LogP contribution in [0, 0.1) is 0 Å². The van der Waals surface area contributed by atoms with Crippen molar-refractivity contribution in [2.24, 2.45) is 0 Å². The van der Waals surface area contributed by atoms with E-state index in [2.05, 4.69) is 10.3 Å². The van der Waals surface area contributed by atoms with Crippen molar-refractivity contribution in [3.63, 3.8) is 0 Å². The smallest absolute Gasteiger partial charge is 0.318 e. The molecule has 7 nitrogen and oxygen atoms in total. The predicted octanol–water partition coefficient (Wildman–Crippen LogP) is 1.62. The Labute approximate surface area is 140 Å². The van der Waals surface area contributed by atoms with E-state index in [1.165, 1.54) is 0 Å². The second kappa shape index (κ2) is 7.16. The fourth-order valence-corrected chi connectivity index (χ4v) is 2.70. The number of pyridine rings is 1. The molecule has 1 fully saturated rings. The van der Waals surface area contributed by atoms with Crippen LogP contribution < -0.4 is 5.32 Å². The third-order valence-corrected chi connectivity index (χ3v) is 4.06. The second-order valence-electron chi connectivity index (χ2n) is 5.84. The van der Waals surface area contributed by atoms with Gasteiger partial charge in [-0.1, -0.05) is 0 Å². The van der Waals surface area contributed by atoms with Crippen molar-refractivity contribution in [1.29, 1.82) is 0 Å². The molecule has 1 aliphatic rings. The highest BCUT2D eigenvalue weighted by Crippen LogP contribution is 2.13. The summed E-state index contributed by atoms with van der Waals surface area (Å²) in [5.41, 5.74) is 0.960. The average Bonchev–Trinajstić information content (AvgIpc) is 3.20. The number of hydrogen-bond donors (Lipinski definition) is 1. The molecule has 2 aromatic rings. The molecule has 1 unspecified atom stereocenters. The first kappa shape index (κ1) is 16.0. The van der Waals surface area contributed by atoms with Gasteiger partial charge in [0.1, 0.15) is 11.8 Å². The summed E-state index contributed by atoms with van der Waals surface area (Å²) >= 11 is 0. The Bertz CT molecular complexity index is 687. The van der Waals surface area contributed by atoms with Crippen LogP contribution in [-0.4, -0.2) is 46.4 Å². The van der Waals surface area contributed by atoms with Crippen LogP contribution >= 0.6 is 0 Å². The summed E-state index contributed by atoms with van der Waals surface area (Å²) in [5.74, 6) is 0.638. The first-order valence-corrected chi connectivity index (χ1v) is 7.85. The number of carbonyl (C=O) groups excluding carboxylic acids is 2. The highest BCUT2D eigenvalue weighted by molar-refractivity contribution is 5.88. The molecule has 0 aromatic carbocycles. The second-order valence-corrected chi connectivity index (χ2v) is 5.84. The number of nitrogens with zero attached hydrogens (tertiary/aromatic N) is 3. The molecule has 1 aliphatic heterocycles. The topological polar surface area (TPSA) is 78.7 Å². The SMILES string of the molecule is CN1CCC(NC(=O)N(Cc2ccncc2)Cc2ccco2)C1=O. The molecule has 0 bridgehead atoms. The van der Waals surface area contributed by atoms with Crippen molar-refractivity contribution in [1.82, 2.24) is 20.1 Å². The highest BCUT2D eigenvalue weighted by atomic mass is 16.3. The van der Waals surface area contributed by atoms with Crippen molar-refractivity contribution in [3.05, 3.63) is 54.2 Å². The molecular formula is C17H20N4O3. The lowest BCUT2D eigenvalue weighted by molar-refractivity contribution is -0.128. The van der Waals surface area contributed by atoms with E-state index >= 15 is 0 Å². The molecule has 3 rings (SSSR count). The number of nitrogens with one attached hydrogen (secondary N) is 1. The highest BCUT2D eigenvalue weighted by Gasteiger charge is 2.31. The minimum Gasteiger partial charge on any atom is -0.467 e. The van der Waals surface area contributed by atoms with E-state index < -0.39 is 6.04 Å². The summed E-state index contributed by atoms with van der Waals surface area (Å²) in [6, 6.07) is 6.58. The summed E-state index contributed by atoms with van der Waals surface area (Å²) in [5, 5.41) is 2.83. The summed E-state index contributed by atoms with van der Waals surface area (Å²) < 4.78 is 5.35. The van der Waals surface area contributed by atoms with E-state index in [9.17, 15) is 9.59 Å². The number of likely N-dealkylation sites (N-methyl/N-ethyl adjacent to an activating group) is 1. The zero-order valence-electron chi connectivity index (χ0n) is 13.5. The van der Waals surface area contributed by atoms with Crippen LogP contribution in [-0.2, 0) is 17.9 Å². The van der Waals surface area contributed by atoms with Gasteiger partial charge in [-0.2, -0.15) is 0 Å². The molecule has 126 valence electrons. The molecule has 0 aliphatic carbocycles. The van der Waals surface area contributed by atoms with Crippen LogP contribution in [0.1, 0.15) is 17.7 Å².